The molecule has 0 aromatic heterocycles. The molecule has 22 N–H and O–H groups in total. The second-order valence-corrected chi connectivity index (χ2v) is 0. The molecule has 0 fully saturated rings. The van der Waals surface area contributed by atoms with Gasteiger partial charge in [0.1, 0.15) is 0 Å². The average Bonchev–Trinajstić information content (AvgIpc) is 0. The van der Waals surface area contributed by atoms with E-state index in [9.17, 15) is 0 Å². The van der Waals surface area contributed by atoms with Crippen LogP contribution in [0.5, 0.6) is 0 Å². The summed E-state index contributed by atoms with van der Waals surface area (Å²) >= 11 is 0. The molecule has 0 saturated carbocycles. The third kappa shape index (κ3) is 559. The second kappa shape index (κ2) is 640. The predicted molar refractivity (Wildman–Crippen MR) is 39.8 cm³/mol. The summed E-state index contributed by atoms with van der Waals surface area (Å²) < 4.78 is 0. The molecule has 0 aromatic carbocycles. The topological polar surface area (TPSA) is 346 Å². The first-order valence-corrected chi connectivity index (χ1v) is 0. The Hall–Kier alpha value is 4.24. The predicted octanol–water partition coefficient (Wildman–Crippen LogP) is -9.09. The summed E-state index contributed by atoms with van der Waals surface area (Å²) in [6.07, 6.45) is 0. The van der Waals surface area contributed by atoms with E-state index in [4.69, 9.17) is 0 Å². The van der Waals surface area contributed by atoms with E-state index in [1.54, 1.807) is 0 Å². The van der Waals surface area contributed by atoms with Gasteiger partial charge in [0, 0.05) is 154 Å². The minimum atomic E-state index is 0. The van der Waals surface area contributed by atoms with E-state index >= 15 is 0 Å². The van der Waals surface area contributed by atoms with Gasteiger partial charge in [-0.15, -0.1) is 0 Å². The van der Waals surface area contributed by atoms with Crippen LogP contribution in [-0.2, 0) is 154 Å². The van der Waals surface area contributed by atoms with Gasteiger partial charge >= 0.3 is 0 Å². The number of hydrogen-bond acceptors (Lipinski definition) is 0. The molecule has 0 aliphatic rings. The summed E-state index contributed by atoms with van der Waals surface area (Å²) in [5.41, 5.74) is 0. The molecule has 0 aromatic rings. The summed E-state index contributed by atoms with van der Waals surface area (Å²) in [6, 6.07) is 0. The maximum Gasteiger partial charge on any atom is 0 e. The maximum atomic E-state index is 0. The molecular weight excluding hydrogens is 679 g/mol. The van der Waals surface area contributed by atoms with Crippen molar-refractivity contribution in [3.8, 4) is 0 Å². The van der Waals surface area contributed by atoms with Crippen LogP contribution in [0.15, 0.2) is 0 Å². The Labute approximate surface area is 211 Å². The SMILES string of the molecule is O.O.O.O.O.O.O.O.O.O.O.[Fe].[Fe].[Fe].[Fe].[Fe].[Fe].[Fe].[Fe].[Fe]. The molecule has 0 unspecified atom stereocenters. The van der Waals surface area contributed by atoms with Gasteiger partial charge < -0.3 is 60.2 Å². The molecular formula is H22Fe9O11. The van der Waals surface area contributed by atoms with E-state index in [1.165, 1.54) is 0 Å². The third-order valence-electron chi connectivity index (χ3n) is 0. The Morgan fingerprint density at radius 2 is 0.100 bits per heavy atom. The van der Waals surface area contributed by atoms with E-state index in [-0.39, 0.29) is 214 Å². The molecule has 0 aliphatic heterocycles. The van der Waals surface area contributed by atoms with Gasteiger partial charge in [0.05, 0.1) is 0 Å². The molecule has 0 amide bonds. The molecule has 11 nitrogen and oxygen atoms in total. The van der Waals surface area contributed by atoms with Crippen molar-refractivity contribution in [2.75, 3.05) is 0 Å². The van der Waals surface area contributed by atoms with Gasteiger partial charge in [-0.2, -0.15) is 0 Å². The fraction of sp³-hybridized carbons (Fsp3) is 0. The van der Waals surface area contributed by atoms with Crippen molar-refractivity contribution in [3.05, 3.63) is 0 Å². The van der Waals surface area contributed by atoms with Crippen LogP contribution in [0.25, 0.3) is 0 Å². The molecule has 0 bridgehead atoms. The van der Waals surface area contributed by atoms with Crippen LogP contribution in [-0.4, -0.2) is 60.2 Å². The Morgan fingerprint density at radius 1 is 0.100 bits per heavy atom. The zero-order valence-corrected chi connectivity index (χ0v) is 18.6. The van der Waals surface area contributed by atoms with E-state index in [0.29, 0.717) is 0 Å². The minimum absolute atomic E-state index is 0. The standard InChI is InChI=1S/9Fe.11H2O/h;;;;;;;;;11*1H2. The Balaban J connectivity index is 0. The van der Waals surface area contributed by atoms with Gasteiger partial charge in [-0.25, -0.2) is 0 Å². The van der Waals surface area contributed by atoms with Crippen molar-refractivity contribution >= 4 is 0 Å². The van der Waals surface area contributed by atoms with Crippen LogP contribution in [0.2, 0.25) is 0 Å². The van der Waals surface area contributed by atoms with Crippen LogP contribution in [0, 0.1) is 0 Å². The van der Waals surface area contributed by atoms with Gasteiger partial charge in [-0.1, -0.05) is 0 Å². The zero-order chi connectivity index (χ0) is 0. The molecule has 0 atom stereocenters. The molecule has 0 radical (unpaired) electrons. The van der Waals surface area contributed by atoms with Crippen molar-refractivity contribution in [3.63, 3.8) is 0 Å². The normalized spacial score (nSPS) is 0. The first kappa shape index (κ1) is 729. The molecule has 20 heavy (non-hydrogen) atoms. The maximum absolute atomic E-state index is 0. The molecule has 0 rings (SSSR count). The minimum Gasteiger partial charge on any atom is -0.412 e. The molecule has 0 spiro atoms. The van der Waals surface area contributed by atoms with Crippen molar-refractivity contribution < 1.29 is 214 Å². The molecule has 0 saturated heterocycles. The second-order valence-electron chi connectivity index (χ2n) is 0. The smallest absolute Gasteiger partial charge is 0 e. The molecule has 0 aliphatic carbocycles. The van der Waals surface area contributed by atoms with Crippen molar-refractivity contribution in [2.24, 2.45) is 0 Å². The van der Waals surface area contributed by atoms with E-state index in [1.807, 2.05) is 0 Å². The van der Waals surface area contributed by atoms with Crippen molar-refractivity contribution in [1.82, 2.24) is 0 Å². The zero-order valence-electron chi connectivity index (χ0n) is 8.68. The van der Waals surface area contributed by atoms with Crippen LogP contribution < -0.4 is 0 Å². The van der Waals surface area contributed by atoms with Gasteiger partial charge in [-0.05, 0) is 0 Å². The van der Waals surface area contributed by atoms with Gasteiger partial charge in [-0.3, -0.25) is 0 Å². The van der Waals surface area contributed by atoms with Gasteiger partial charge in [0.15, 0.2) is 0 Å². The summed E-state index contributed by atoms with van der Waals surface area (Å²) in [4.78, 5) is 0. The third-order valence-corrected chi connectivity index (χ3v) is 0. The molecule has 20 heteroatoms. The summed E-state index contributed by atoms with van der Waals surface area (Å²) in [5, 5.41) is 0. The van der Waals surface area contributed by atoms with Crippen LogP contribution in [0.3, 0.4) is 0 Å². The number of rotatable bonds is 0. The van der Waals surface area contributed by atoms with E-state index in [0.717, 1.165) is 0 Å². The van der Waals surface area contributed by atoms with Crippen LogP contribution >= 0.6 is 0 Å². The summed E-state index contributed by atoms with van der Waals surface area (Å²) in [5.74, 6) is 0. The fourth-order valence-electron chi connectivity index (χ4n) is 0. The molecule has 0 heterocycles. The van der Waals surface area contributed by atoms with E-state index in [2.05, 4.69) is 0 Å². The largest absolute Gasteiger partial charge is 0.412 e. The molecule has 160 valence electrons. The average molecular weight is 701 g/mol. The Morgan fingerprint density at radius 3 is 0.100 bits per heavy atom. The van der Waals surface area contributed by atoms with Gasteiger partial charge in [0.25, 0.3) is 0 Å². The van der Waals surface area contributed by atoms with Gasteiger partial charge in [0.2, 0.25) is 0 Å². The Kier molecular flexibility index (Phi) is 23400. The summed E-state index contributed by atoms with van der Waals surface area (Å²) in [6.45, 7) is 0. The first-order chi connectivity index (χ1) is 0. The monoisotopic (exact) mass is 702 g/mol. The number of hydrogen-bond donors (Lipinski definition) is 0. The van der Waals surface area contributed by atoms with E-state index < -0.39 is 0 Å². The van der Waals surface area contributed by atoms with Crippen LogP contribution in [0.1, 0.15) is 0 Å². The van der Waals surface area contributed by atoms with Crippen molar-refractivity contribution in [2.45, 2.75) is 0 Å². The van der Waals surface area contributed by atoms with Crippen LogP contribution in [0.4, 0.5) is 0 Å². The fourth-order valence-corrected chi connectivity index (χ4v) is 0. The Bertz CT molecular complexity index is 19.9. The first-order valence-electron chi connectivity index (χ1n) is 0. The van der Waals surface area contributed by atoms with Crippen molar-refractivity contribution in [1.29, 1.82) is 0 Å². The summed E-state index contributed by atoms with van der Waals surface area (Å²) in [7, 11) is 0. The quantitative estimate of drug-likeness (QED) is 0.213.